The van der Waals surface area contributed by atoms with Crippen LogP contribution >= 0.6 is 0 Å². The van der Waals surface area contributed by atoms with Crippen LogP contribution in [0.3, 0.4) is 0 Å². The fraction of sp³-hybridized carbons (Fsp3) is 0.435. The quantitative estimate of drug-likeness (QED) is 0.796. The summed E-state index contributed by atoms with van der Waals surface area (Å²) in [5, 5.41) is 10.4. The number of β-amino-alcohol motifs (C(OH)–C–C–N with tert-alkyl or cyclic N) is 1. The van der Waals surface area contributed by atoms with Crippen molar-refractivity contribution in [3.63, 3.8) is 0 Å². The second-order valence-electron chi connectivity index (χ2n) is 7.63. The van der Waals surface area contributed by atoms with E-state index in [1.54, 1.807) is 6.92 Å². The summed E-state index contributed by atoms with van der Waals surface area (Å²) in [6.45, 7) is 8.38. The molecule has 0 amide bonds. The third-order valence-electron chi connectivity index (χ3n) is 5.11. The molecule has 1 aliphatic heterocycles. The lowest BCUT2D eigenvalue weighted by Gasteiger charge is -2.23. The highest BCUT2D eigenvalue weighted by Crippen LogP contribution is 2.19. The Bertz CT molecular complexity index is 795. The van der Waals surface area contributed by atoms with E-state index < -0.39 is 6.10 Å². The minimum Gasteiger partial charge on any atom is -0.491 e. The van der Waals surface area contributed by atoms with Crippen molar-refractivity contribution in [2.24, 2.45) is 0 Å². The number of benzene rings is 2. The van der Waals surface area contributed by atoms with Crippen molar-refractivity contribution in [2.75, 3.05) is 26.2 Å². The SMILES string of the molecule is CC(=O)c1ccc2c(c1)CCN(C[C@H](O)COc1cc(C)cc(C)c1)CC2. The van der Waals surface area contributed by atoms with E-state index in [1.807, 2.05) is 38.1 Å². The van der Waals surface area contributed by atoms with Crippen LogP contribution in [0.4, 0.5) is 0 Å². The summed E-state index contributed by atoms with van der Waals surface area (Å²) >= 11 is 0. The van der Waals surface area contributed by atoms with E-state index in [-0.39, 0.29) is 5.78 Å². The van der Waals surface area contributed by atoms with Crippen LogP contribution < -0.4 is 4.74 Å². The van der Waals surface area contributed by atoms with E-state index in [0.717, 1.165) is 48.4 Å². The van der Waals surface area contributed by atoms with Gasteiger partial charge >= 0.3 is 0 Å². The number of aliphatic hydroxyl groups is 1. The standard InChI is InChI=1S/C23H29NO3/c1-16-10-17(2)12-23(11-16)27-15-22(26)14-24-8-6-19-4-5-20(18(3)25)13-21(19)7-9-24/h4-5,10-13,22,26H,6-9,14-15H2,1-3H3/t22-/m0/s1. The van der Waals surface area contributed by atoms with Crippen LogP contribution in [0.15, 0.2) is 36.4 Å². The summed E-state index contributed by atoms with van der Waals surface area (Å²) in [6, 6.07) is 12.1. The third-order valence-corrected chi connectivity index (χ3v) is 5.11. The Hall–Kier alpha value is -2.17. The fourth-order valence-electron chi connectivity index (χ4n) is 3.73. The highest BCUT2D eigenvalue weighted by Gasteiger charge is 2.18. The molecule has 0 aliphatic carbocycles. The summed E-state index contributed by atoms with van der Waals surface area (Å²) in [7, 11) is 0. The normalized spacial score (nSPS) is 15.7. The number of rotatable bonds is 6. The average molecular weight is 367 g/mol. The summed E-state index contributed by atoms with van der Waals surface area (Å²) in [6.07, 6.45) is 1.32. The molecule has 0 radical (unpaired) electrons. The van der Waals surface area contributed by atoms with Gasteiger partial charge in [-0.05, 0) is 74.1 Å². The molecule has 2 aromatic carbocycles. The molecule has 0 spiro atoms. The van der Waals surface area contributed by atoms with Crippen LogP contribution in [0.5, 0.6) is 5.75 Å². The van der Waals surface area contributed by atoms with E-state index >= 15 is 0 Å². The molecule has 1 atom stereocenters. The van der Waals surface area contributed by atoms with E-state index in [4.69, 9.17) is 4.74 Å². The molecule has 27 heavy (non-hydrogen) atoms. The molecular formula is C23H29NO3. The van der Waals surface area contributed by atoms with Crippen molar-refractivity contribution in [3.05, 3.63) is 64.2 Å². The van der Waals surface area contributed by atoms with E-state index in [1.165, 1.54) is 11.1 Å². The van der Waals surface area contributed by atoms with Crippen molar-refractivity contribution < 1.29 is 14.6 Å². The minimum atomic E-state index is -0.528. The number of hydrogen-bond acceptors (Lipinski definition) is 4. The molecule has 0 saturated carbocycles. The number of aryl methyl sites for hydroxylation is 2. The number of nitrogens with zero attached hydrogens (tertiary/aromatic N) is 1. The first kappa shape index (κ1) is 19.6. The Morgan fingerprint density at radius 2 is 1.74 bits per heavy atom. The molecule has 1 aliphatic rings. The van der Waals surface area contributed by atoms with Gasteiger partial charge in [-0.15, -0.1) is 0 Å². The Kier molecular flexibility index (Phi) is 6.30. The first-order valence-corrected chi connectivity index (χ1v) is 9.65. The molecule has 4 heteroatoms. The summed E-state index contributed by atoms with van der Waals surface area (Å²) in [5.74, 6) is 0.921. The monoisotopic (exact) mass is 367 g/mol. The summed E-state index contributed by atoms with van der Waals surface area (Å²) < 4.78 is 5.79. The van der Waals surface area contributed by atoms with Gasteiger partial charge in [0.2, 0.25) is 0 Å². The Labute approximate surface area is 161 Å². The highest BCUT2D eigenvalue weighted by atomic mass is 16.5. The third kappa shape index (κ3) is 5.41. The predicted molar refractivity (Wildman–Crippen MR) is 108 cm³/mol. The first-order chi connectivity index (χ1) is 12.9. The minimum absolute atomic E-state index is 0.109. The van der Waals surface area contributed by atoms with Gasteiger partial charge in [0, 0.05) is 25.2 Å². The Balaban J connectivity index is 1.53. The van der Waals surface area contributed by atoms with Crippen molar-refractivity contribution in [3.8, 4) is 5.75 Å². The molecule has 0 saturated heterocycles. The van der Waals surface area contributed by atoms with E-state index in [2.05, 4.69) is 17.0 Å². The zero-order valence-electron chi connectivity index (χ0n) is 16.5. The van der Waals surface area contributed by atoms with E-state index in [9.17, 15) is 9.90 Å². The van der Waals surface area contributed by atoms with Gasteiger partial charge in [0.15, 0.2) is 5.78 Å². The molecule has 2 aromatic rings. The van der Waals surface area contributed by atoms with Gasteiger partial charge in [-0.25, -0.2) is 0 Å². The number of ether oxygens (including phenoxy) is 1. The first-order valence-electron chi connectivity index (χ1n) is 9.65. The van der Waals surface area contributed by atoms with Crippen LogP contribution in [-0.2, 0) is 12.8 Å². The second kappa shape index (κ2) is 8.68. The van der Waals surface area contributed by atoms with Crippen molar-refractivity contribution in [2.45, 2.75) is 39.7 Å². The highest BCUT2D eigenvalue weighted by molar-refractivity contribution is 5.94. The molecule has 0 bridgehead atoms. The average Bonchev–Trinajstić information content (AvgIpc) is 2.81. The van der Waals surface area contributed by atoms with Crippen molar-refractivity contribution in [1.82, 2.24) is 4.90 Å². The molecule has 1 heterocycles. The number of Topliss-reactive ketones (excluding diaryl/α,β-unsaturated/α-hetero) is 1. The number of hydrogen-bond donors (Lipinski definition) is 1. The topological polar surface area (TPSA) is 49.8 Å². The molecule has 3 rings (SSSR count). The molecule has 4 nitrogen and oxygen atoms in total. The van der Waals surface area contributed by atoms with Crippen molar-refractivity contribution in [1.29, 1.82) is 0 Å². The zero-order valence-corrected chi connectivity index (χ0v) is 16.5. The number of carbonyl (C=O) groups excluding carboxylic acids is 1. The largest absolute Gasteiger partial charge is 0.491 e. The second-order valence-corrected chi connectivity index (χ2v) is 7.63. The number of aliphatic hydroxyl groups excluding tert-OH is 1. The van der Waals surface area contributed by atoms with Crippen LogP contribution in [0.1, 0.15) is 39.5 Å². The van der Waals surface area contributed by atoms with Crippen LogP contribution in [0.25, 0.3) is 0 Å². The molecule has 0 unspecified atom stereocenters. The molecule has 0 aromatic heterocycles. The van der Waals surface area contributed by atoms with Gasteiger partial charge in [-0.1, -0.05) is 18.2 Å². The van der Waals surface area contributed by atoms with Crippen LogP contribution in [0, 0.1) is 13.8 Å². The molecule has 144 valence electrons. The number of carbonyl (C=O) groups is 1. The predicted octanol–water partition coefficient (Wildman–Crippen LogP) is 3.35. The van der Waals surface area contributed by atoms with Gasteiger partial charge in [0.05, 0.1) is 0 Å². The summed E-state index contributed by atoms with van der Waals surface area (Å²) in [4.78, 5) is 13.9. The van der Waals surface area contributed by atoms with Gasteiger partial charge in [0.1, 0.15) is 18.5 Å². The van der Waals surface area contributed by atoms with Crippen LogP contribution in [-0.4, -0.2) is 48.1 Å². The Morgan fingerprint density at radius 3 is 2.41 bits per heavy atom. The fourth-order valence-corrected chi connectivity index (χ4v) is 3.73. The van der Waals surface area contributed by atoms with Gasteiger partial charge in [-0.3, -0.25) is 9.69 Å². The zero-order chi connectivity index (χ0) is 19.4. The maximum Gasteiger partial charge on any atom is 0.159 e. The lowest BCUT2D eigenvalue weighted by Crippen LogP contribution is -2.37. The maximum atomic E-state index is 11.6. The number of ketones is 1. The number of fused-ring (bicyclic) bond motifs is 1. The molecule has 1 N–H and O–H groups in total. The van der Waals surface area contributed by atoms with Gasteiger partial charge in [0.25, 0.3) is 0 Å². The summed E-state index contributed by atoms with van der Waals surface area (Å²) in [5.41, 5.74) is 5.67. The smallest absolute Gasteiger partial charge is 0.159 e. The Morgan fingerprint density at radius 1 is 1.07 bits per heavy atom. The lowest BCUT2D eigenvalue weighted by molar-refractivity contribution is 0.0696. The van der Waals surface area contributed by atoms with Crippen molar-refractivity contribution >= 4 is 5.78 Å². The van der Waals surface area contributed by atoms with Gasteiger partial charge < -0.3 is 9.84 Å². The molecule has 0 fully saturated rings. The van der Waals surface area contributed by atoms with Gasteiger partial charge in [-0.2, -0.15) is 0 Å². The maximum absolute atomic E-state index is 11.6. The lowest BCUT2D eigenvalue weighted by atomic mass is 9.99. The van der Waals surface area contributed by atoms with E-state index in [0.29, 0.717) is 13.2 Å². The molecular weight excluding hydrogens is 338 g/mol. The van der Waals surface area contributed by atoms with Crippen LogP contribution in [0.2, 0.25) is 0 Å².